The predicted octanol–water partition coefficient (Wildman–Crippen LogP) is 7.49. The molecule has 0 aliphatic heterocycles. The van der Waals surface area contributed by atoms with E-state index >= 15 is 0 Å². The number of nitrogens with one attached hydrogen (secondary N) is 1. The minimum Gasteiger partial charge on any atom is -0.423 e. The number of esters is 1. The number of benzene rings is 5. The fourth-order valence-electron chi connectivity index (χ4n) is 3.88. The standard InChI is InChI=1S/C32H23NO3/c34-31(27-18-14-25(15-19-27)23-8-3-1-4-9-23)33-29-12-7-13-30(22-29)36-32(35)28-20-16-26(17-21-28)24-10-5-2-6-11-24/h1-22H,(H,33,34). The fourth-order valence-corrected chi connectivity index (χ4v) is 3.88. The smallest absolute Gasteiger partial charge is 0.343 e. The number of rotatable bonds is 6. The summed E-state index contributed by atoms with van der Waals surface area (Å²) in [5.74, 6) is -0.353. The first-order valence-electron chi connectivity index (χ1n) is 11.6. The Labute approximate surface area is 209 Å². The number of hydrogen-bond donors (Lipinski definition) is 1. The molecule has 0 atom stereocenters. The van der Waals surface area contributed by atoms with Gasteiger partial charge in [0.15, 0.2) is 0 Å². The molecule has 0 heterocycles. The second-order valence-corrected chi connectivity index (χ2v) is 8.26. The largest absolute Gasteiger partial charge is 0.423 e. The van der Waals surface area contributed by atoms with Crippen molar-refractivity contribution in [2.45, 2.75) is 0 Å². The van der Waals surface area contributed by atoms with Crippen LogP contribution >= 0.6 is 0 Å². The molecule has 0 fully saturated rings. The number of anilines is 1. The van der Waals surface area contributed by atoms with Crippen molar-refractivity contribution in [1.29, 1.82) is 0 Å². The molecule has 0 saturated heterocycles. The second kappa shape index (κ2) is 10.5. The monoisotopic (exact) mass is 469 g/mol. The highest BCUT2D eigenvalue weighted by Gasteiger charge is 2.11. The third kappa shape index (κ3) is 5.40. The van der Waals surface area contributed by atoms with E-state index < -0.39 is 5.97 Å². The molecule has 5 aromatic rings. The van der Waals surface area contributed by atoms with Gasteiger partial charge in [-0.05, 0) is 58.7 Å². The van der Waals surface area contributed by atoms with Gasteiger partial charge in [-0.1, -0.05) is 91.0 Å². The summed E-state index contributed by atoms with van der Waals surface area (Å²) in [6.07, 6.45) is 0. The highest BCUT2D eigenvalue weighted by molar-refractivity contribution is 6.04. The van der Waals surface area contributed by atoms with Crippen molar-refractivity contribution >= 4 is 17.6 Å². The van der Waals surface area contributed by atoms with E-state index in [2.05, 4.69) is 5.32 Å². The Hall–Kier alpha value is -4.96. The van der Waals surface area contributed by atoms with E-state index in [1.807, 2.05) is 84.9 Å². The topological polar surface area (TPSA) is 55.4 Å². The van der Waals surface area contributed by atoms with Gasteiger partial charge >= 0.3 is 5.97 Å². The highest BCUT2D eigenvalue weighted by Crippen LogP contribution is 2.23. The molecular weight excluding hydrogens is 446 g/mol. The lowest BCUT2D eigenvalue weighted by Gasteiger charge is -2.09. The fraction of sp³-hybridized carbons (Fsp3) is 0. The van der Waals surface area contributed by atoms with E-state index in [1.54, 1.807) is 48.5 Å². The Kier molecular flexibility index (Phi) is 6.68. The van der Waals surface area contributed by atoms with Crippen LogP contribution in [0.1, 0.15) is 20.7 Å². The normalized spacial score (nSPS) is 10.4. The Morgan fingerprint density at radius 1 is 0.500 bits per heavy atom. The first kappa shape index (κ1) is 22.8. The highest BCUT2D eigenvalue weighted by atomic mass is 16.5. The summed E-state index contributed by atoms with van der Waals surface area (Å²) in [7, 11) is 0. The van der Waals surface area contributed by atoms with E-state index in [0.29, 0.717) is 22.6 Å². The molecular formula is C32H23NO3. The molecule has 0 bridgehead atoms. The van der Waals surface area contributed by atoms with Crippen molar-refractivity contribution < 1.29 is 14.3 Å². The summed E-state index contributed by atoms with van der Waals surface area (Å²) in [4.78, 5) is 25.4. The molecule has 5 rings (SSSR count). The molecule has 0 aromatic heterocycles. The van der Waals surface area contributed by atoms with Crippen LogP contribution in [0, 0.1) is 0 Å². The lowest BCUT2D eigenvalue weighted by molar-refractivity contribution is 0.0735. The quantitative estimate of drug-likeness (QED) is 0.207. The summed E-state index contributed by atoms with van der Waals surface area (Å²) in [5.41, 5.74) is 5.76. The van der Waals surface area contributed by atoms with Crippen LogP contribution in [0.3, 0.4) is 0 Å². The van der Waals surface area contributed by atoms with Gasteiger partial charge in [-0.2, -0.15) is 0 Å². The number of carbonyl (C=O) groups is 2. The van der Waals surface area contributed by atoms with Crippen molar-refractivity contribution in [1.82, 2.24) is 0 Å². The maximum atomic E-state index is 12.7. The van der Waals surface area contributed by atoms with Gasteiger partial charge in [0.25, 0.3) is 5.91 Å². The molecule has 4 heteroatoms. The summed E-state index contributed by atoms with van der Waals surface area (Å²) in [5, 5.41) is 2.87. The Bertz CT molecular complexity index is 1360. The van der Waals surface area contributed by atoms with E-state index in [9.17, 15) is 9.59 Å². The van der Waals surface area contributed by atoms with Gasteiger partial charge in [-0.3, -0.25) is 4.79 Å². The molecule has 5 aromatic carbocycles. The van der Waals surface area contributed by atoms with Crippen LogP contribution in [0.15, 0.2) is 133 Å². The second-order valence-electron chi connectivity index (χ2n) is 8.26. The summed E-state index contributed by atoms with van der Waals surface area (Å²) < 4.78 is 5.55. The van der Waals surface area contributed by atoms with Crippen molar-refractivity contribution in [2.24, 2.45) is 0 Å². The molecule has 0 aliphatic rings. The molecule has 0 spiro atoms. The van der Waals surface area contributed by atoms with Crippen LogP contribution in [-0.4, -0.2) is 11.9 Å². The number of carbonyl (C=O) groups excluding carboxylic acids is 2. The Morgan fingerprint density at radius 3 is 1.56 bits per heavy atom. The van der Waals surface area contributed by atoms with E-state index in [0.717, 1.165) is 22.3 Å². The number of amides is 1. The first-order valence-corrected chi connectivity index (χ1v) is 11.6. The van der Waals surface area contributed by atoms with Gasteiger partial charge in [0.2, 0.25) is 0 Å². The third-order valence-electron chi connectivity index (χ3n) is 5.78. The van der Waals surface area contributed by atoms with Crippen molar-refractivity contribution in [3.63, 3.8) is 0 Å². The lowest BCUT2D eigenvalue weighted by Crippen LogP contribution is -2.12. The molecule has 0 unspecified atom stereocenters. The van der Waals surface area contributed by atoms with Crippen molar-refractivity contribution in [3.8, 4) is 28.0 Å². The van der Waals surface area contributed by atoms with E-state index in [4.69, 9.17) is 4.74 Å². The average Bonchev–Trinajstić information content (AvgIpc) is 2.94. The average molecular weight is 470 g/mol. The van der Waals surface area contributed by atoms with Gasteiger partial charge in [0.05, 0.1) is 5.56 Å². The van der Waals surface area contributed by atoms with Crippen LogP contribution < -0.4 is 10.1 Å². The maximum Gasteiger partial charge on any atom is 0.343 e. The minimum atomic E-state index is -0.463. The lowest BCUT2D eigenvalue weighted by atomic mass is 10.0. The van der Waals surface area contributed by atoms with Crippen molar-refractivity contribution in [2.75, 3.05) is 5.32 Å². The zero-order valence-electron chi connectivity index (χ0n) is 19.4. The first-order chi connectivity index (χ1) is 17.7. The Balaban J connectivity index is 1.23. The van der Waals surface area contributed by atoms with Crippen LogP contribution in [0.25, 0.3) is 22.3 Å². The minimum absolute atomic E-state index is 0.241. The van der Waals surface area contributed by atoms with E-state index in [-0.39, 0.29) is 5.91 Å². The van der Waals surface area contributed by atoms with Crippen LogP contribution in [0.2, 0.25) is 0 Å². The molecule has 0 radical (unpaired) electrons. The number of ether oxygens (including phenoxy) is 1. The summed E-state index contributed by atoms with van der Waals surface area (Å²) in [6, 6.07) is 41.4. The molecule has 4 nitrogen and oxygen atoms in total. The van der Waals surface area contributed by atoms with Gasteiger partial charge < -0.3 is 10.1 Å². The van der Waals surface area contributed by atoms with Crippen molar-refractivity contribution in [3.05, 3.63) is 145 Å². The van der Waals surface area contributed by atoms with E-state index in [1.165, 1.54) is 0 Å². The molecule has 0 saturated carbocycles. The summed E-state index contributed by atoms with van der Waals surface area (Å²) in [6.45, 7) is 0. The Morgan fingerprint density at radius 2 is 1.00 bits per heavy atom. The predicted molar refractivity (Wildman–Crippen MR) is 143 cm³/mol. The molecule has 174 valence electrons. The summed E-state index contributed by atoms with van der Waals surface area (Å²) >= 11 is 0. The van der Waals surface area contributed by atoms with Crippen LogP contribution in [0.4, 0.5) is 5.69 Å². The van der Waals surface area contributed by atoms with Gasteiger partial charge in [0.1, 0.15) is 5.75 Å². The SMILES string of the molecule is O=C(Nc1cccc(OC(=O)c2ccc(-c3ccccc3)cc2)c1)c1ccc(-c2ccccc2)cc1. The van der Waals surface area contributed by atoms with Gasteiger partial charge in [-0.15, -0.1) is 0 Å². The van der Waals surface area contributed by atoms with Crippen LogP contribution in [0.5, 0.6) is 5.75 Å². The number of hydrogen-bond acceptors (Lipinski definition) is 3. The maximum absolute atomic E-state index is 12.7. The molecule has 1 amide bonds. The zero-order chi connectivity index (χ0) is 24.7. The molecule has 36 heavy (non-hydrogen) atoms. The van der Waals surface area contributed by atoms with Crippen LogP contribution in [-0.2, 0) is 0 Å². The van der Waals surface area contributed by atoms with Gasteiger partial charge in [-0.25, -0.2) is 4.79 Å². The molecule has 0 aliphatic carbocycles. The third-order valence-corrected chi connectivity index (χ3v) is 5.78. The zero-order valence-corrected chi connectivity index (χ0v) is 19.4. The molecule has 1 N–H and O–H groups in total. The van der Waals surface area contributed by atoms with Gasteiger partial charge in [0, 0.05) is 17.3 Å².